The number of benzene rings is 1. The molecule has 25 heavy (non-hydrogen) atoms. The van der Waals surface area contributed by atoms with E-state index in [2.05, 4.69) is 4.72 Å². The van der Waals surface area contributed by atoms with Gasteiger partial charge >= 0.3 is 0 Å². The second-order valence-corrected chi connectivity index (χ2v) is 9.44. The highest BCUT2D eigenvalue weighted by Crippen LogP contribution is 2.25. The molecule has 1 aliphatic heterocycles. The highest BCUT2D eigenvalue weighted by Gasteiger charge is 2.31. The molecule has 1 fully saturated rings. The van der Waals surface area contributed by atoms with Crippen molar-refractivity contribution in [1.82, 2.24) is 9.62 Å². The Bertz CT molecular complexity index is 825. The molecule has 5 nitrogen and oxygen atoms in total. The third-order valence-electron chi connectivity index (χ3n) is 4.30. The summed E-state index contributed by atoms with van der Waals surface area (Å²) in [5.41, 5.74) is 0.662. The average molecular weight is 379 g/mol. The first-order chi connectivity index (χ1) is 12.0. The van der Waals surface area contributed by atoms with E-state index >= 15 is 0 Å². The molecule has 1 amide bonds. The highest BCUT2D eigenvalue weighted by molar-refractivity contribution is 7.91. The van der Waals surface area contributed by atoms with Crippen LogP contribution in [0.3, 0.4) is 0 Å². The first-order valence-electron chi connectivity index (χ1n) is 8.40. The van der Waals surface area contributed by atoms with Crippen LogP contribution >= 0.6 is 11.3 Å². The summed E-state index contributed by atoms with van der Waals surface area (Å²) in [4.78, 5) is 15.7. The summed E-state index contributed by atoms with van der Waals surface area (Å²) in [5.74, 6) is -0.178. The zero-order chi connectivity index (χ0) is 17.9. The monoisotopic (exact) mass is 378 g/mol. The molecular formula is C18H22N2O3S2. The van der Waals surface area contributed by atoms with Crippen molar-refractivity contribution in [3.63, 3.8) is 0 Å². The molecule has 0 spiro atoms. The maximum Gasteiger partial charge on any atom is 0.251 e. The Kier molecular flexibility index (Phi) is 5.56. The van der Waals surface area contributed by atoms with Crippen LogP contribution in [0.15, 0.2) is 46.7 Å². The minimum absolute atomic E-state index is 0.178. The van der Waals surface area contributed by atoms with E-state index in [0.717, 1.165) is 24.1 Å². The molecule has 0 saturated carbocycles. The molecule has 1 atom stereocenters. The van der Waals surface area contributed by atoms with Crippen LogP contribution in [-0.4, -0.2) is 32.3 Å². The fourth-order valence-corrected chi connectivity index (χ4v) is 5.45. The number of piperidine rings is 1. The van der Waals surface area contributed by atoms with Crippen LogP contribution < -0.4 is 4.72 Å². The van der Waals surface area contributed by atoms with E-state index in [0.29, 0.717) is 18.7 Å². The van der Waals surface area contributed by atoms with Gasteiger partial charge in [0.1, 0.15) is 10.3 Å². The average Bonchev–Trinajstić information content (AvgIpc) is 3.08. The van der Waals surface area contributed by atoms with Crippen molar-refractivity contribution in [2.24, 2.45) is 0 Å². The molecule has 0 bridgehead atoms. The third kappa shape index (κ3) is 4.29. The van der Waals surface area contributed by atoms with E-state index in [1.165, 1.54) is 11.3 Å². The molecule has 1 N–H and O–H groups in total. The number of hydrogen-bond donors (Lipinski definition) is 1. The maximum atomic E-state index is 13.0. The largest absolute Gasteiger partial charge is 0.341 e. The second-order valence-electron chi connectivity index (χ2n) is 6.22. The van der Waals surface area contributed by atoms with Crippen molar-refractivity contribution in [3.05, 3.63) is 52.9 Å². The van der Waals surface area contributed by atoms with Gasteiger partial charge < -0.3 is 4.90 Å². The molecule has 7 heteroatoms. The molecule has 134 valence electrons. The van der Waals surface area contributed by atoms with Gasteiger partial charge in [-0.2, -0.15) is 4.72 Å². The van der Waals surface area contributed by atoms with Crippen LogP contribution in [0.25, 0.3) is 0 Å². The maximum absolute atomic E-state index is 13.0. The lowest BCUT2D eigenvalue weighted by atomic mass is 10.0. The van der Waals surface area contributed by atoms with E-state index in [4.69, 9.17) is 0 Å². The summed E-state index contributed by atoms with van der Waals surface area (Å²) < 4.78 is 28.4. The van der Waals surface area contributed by atoms with E-state index in [1.807, 2.05) is 25.1 Å². The SMILES string of the molecule is Cc1ccc(S(=O)(=O)N[C@H](C(=O)N2CCCCC2)c2ccccc2)s1. The molecule has 0 aliphatic carbocycles. The highest BCUT2D eigenvalue weighted by atomic mass is 32.2. The molecule has 1 aromatic carbocycles. The van der Waals surface area contributed by atoms with Crippen LogP contribution in [0, 0.1) is 6.92 Å². The first-order valence-corrected chi connectivity index (χ1v) is 10.7. The summed E-state index contributed by atoms with van der Waals surface area (Å²) in [6.07, 6.45) is 3.04. The lowest BCUT2D eigenvalue weighted by Crippen LogP contribution is -2.44. The number of nitrogens with one attached hydrogen (secondary N) is 1. The Balaban J connectivity index is 1.90. The standard InChI is InChI=1S/C18H22N2O3S2/c1-14-10-11-16(24-14)25(22,23)19-17(15-8-4-2-5-9-15)18(21)20-12-6-3-7-13-20/h2,4-5,8-11,17,19H,3,6-7,12-13H2,1H3/t17-/m0/s1. The lowest BCUT2D eigenvalue weighted by molar-refractivity contribution is -0.134. The zero-order valence-corrected chi connectivity index (χ0v) is 15.8. The van der Waals surface area contributed by atoms with E-state index in [1.54, 1.807) is 29.2 Å². The summed E-state index contributed by atoms with van der Waals surface area (Å²) in [6.45, 7) is 3.22. The zero-order valence-electron chi connectivity index (χ0n) is 14.1. The van der Waals surface area contributed by atoms with Gasteiger partial charge in [-0.05, 0) is 43.9 Å². The number of sulfonamides is 1. The van der Waals surface area contributed by atoms with Crippen molar-refractivity contribution in [2.45, 2.75) is 36.4 Å². The Hall–Kier alpha value is -1.70. The predicted octanol–water partition coefficient (Wildman–Crippen LogP) is 3.09. The molecule has 1 aromatic heterocycles. The van der Waals surface area contributed by atoms with Gasteiger partial charge in [0.05, 0.1) is 0 Å². The van der Waals surface area contributed by atoms with Gasteiger partial charge in [-0.25, -0.2) is 8.42 Å². The van der Waals surface area contributed by atoms with Gasteiger partial charge in [-0.15, -0.1) is 11.3 Å². The van der Waals surface area contributed by atoms with Gasteiger partial charge in [-0.3, -0.25) is 4.79 Å². The van der Waals surface area contributed by atoms with Crippen LogP contribution in [0.1, 0.15) is 35.7 Å². The second kappa shape index (κ2) is 7.68. The Labute approximate surface area is 152 Å². The summed E-state index contributed by atoms with van der Waals surface area (Å²) in [5, 5.41) is 0. The van der Waals surface area contributed by atoms with E-state index in [-0.39, 0.29) is 10.1 Å². The summed E-state index contributed by atoms with van der Waals surface area (Å²) in [7, 11) is -3.75. The number of carbonyl (C=O) groups excluding carboxylic acids is 1. The minimum atomic E-state index is -3.75. The molecule has 0 unspecified atom stereocenters. The van der Waals surface area contributed by atoms with Crippen molar-refractivity contribution >= 4 is 27.3 Å². The minimum Gasteiger partial charge on any atom is -0.341 e. The van der Waals surface area contributed by atoms with Crippen LogP contribution in [0.2, 0.25) is 0 Å². The molecule has 2 aromatic rings. The molecule has 1 saturated heterocycles. The number of nitrogens with zero attached hydrogens (tertiary/aromatic N) is 1. The van der Waals surface area contributed by atoms with Crippen molar-refractivity contribution < 1.29 is 13.2 Å². The molecule has 3 rings (SSSR count). The van der Waals surface area contributed by atoms with Gasteiger partial charge in [-0.1, -0.05) is 30.3 Å². The molecule has 0 radical (unpaired) electrons. The van der Waals surface area contributed by atoms with Crippen LogP contribution in [0.4, 0.5) is 0 Å². The number of amides is 1. The number of carbonyl (C=O) groups is 1. The fourth-order valence-electron chi connectivity index (χ4n) is 2.97. The Morgan fingerprint density at radius 2 is 1.76 bits per heavy atom. The van der Waals surface area contributed by atoms with Gasteiger partial charge in [0, 0.05) is 18.0 Å². The summed E-state index contributed by atoms with van der Waals surface area (Å²) in [6, 6.07) is 11.5. The number of aryl methyl sites for hydroxylation is 1. The van der Waals surface area contributed by atoms with Crippen molar-refractivity contribution in [3.8, 4) is 0 Å². The van der Waals surface area contributed by atoms with Crippen molar-refractivity contribution in [1.29, 1.82) is 0 Å². The number of rotatable bonds is 5. The van der Waals surface area contributed by atoms with Gasteiger partial charge in [0.25, 0.3) is 10.0 Å². The molecule has 1 aliphatic rings. The quantitative estimate of drug-likeness (QED) is 0.869. The van der Waals surface area contributed by atoms with Gasteiger partial charge in [0.2, 0.25) is 5.91 Å². The van der Waals surface area contributed by atoms with E-state index in [9.17, 15) is 13.2 Å². The van der Waals surface area contributed by atoms with E-state index < -0.39 is 16.1 Å². The van der Waals surface area contributed by atoms with Crippen molar-refractivity contribution in [2.75, 3.05) is 13.1 Å². The molecular weight excluding hydrogens is 356 g/mol. The topological polar surface area (TPSA) is 66.5 Å². The van der Waals surface area contributed by atoms with Crippen LogP contribution in [-0.2, 0) is 14.8 Å². The van der Waals surface area contributed by atoms with Gasteiger partial charge in [0.15, 0.2) is 0 Å². The summed E-state index contributed by atoms with van der Waals surface area (Å²) >= 11 is 1.20. The number of thiophene rings is 1. The smallest absolute Gasteiger partial charge is 0.251 e. The Morgan fingerprint density at radius 1 is 1.08 bits per heavy atom. The normalized spacial score (nSPS) is 16.6. The number of hydrogen-bond acceptors (Lipinski definition) is 4. The lowest BCUT2D eigenvalue weighted by Gasteiger charge is -2.30. The fraction of sp³-hybridized carbons (Fsp3) is 0.389. The third-order valence-corrected chi connectivity index (χ3v) is 7.22. The molecule has 2 heterocycles. The van der Waals surface area contributed by atoms with Crippen LogP contribution in [0.5, 0.6) is 0 Å². The Morgan fingerprint density at radius 3 is 2.36 bits per heavy atom. The number of likely N-dealkylation sites (tertiary alicyclic amines) is 1. The predicted molar refractivity (Wildman–Crippen MR) is 99.0 cm³/mol. The first kappa shape index (κ1) is 18.1.